The van der Waals surface area contributed by atoms with Gasteiger partial charge in [0.2, 0.25) is 17.7 Å². The molecular weight excluding hydrogens is 827 g/mol. The minimum Gasteiger partial charge on any atom is -0.377 e. The first-order chi connectivity index (χ1) is 31.9. The van der Waals surface area contributed by atoms with Gasteiger partial charge < -0.3 is 34.8 Å². The quantitative estimate of drug-likeness (QED) is 0.0579. The summed E-state index contributed by atoms with van der Waals surface area (Å²) in [5.74, 6) is -0.460. The summed E-state index contributed by atoms with van der Waals surface area (Å²) in [4.78, 5) is 61.5. The molecule has 0 radical (unpaired) electrons. The van der Waals surface area contributed by atoms with Crippen molar-refractivity contribution in [2.24, 2.45) is 23.7 Å². The Morgan fingerprint density at radius 3 is 1.32 bits per heavy atom. The number of amides is 3. The van der Waals surface area contributed by atoms with Crippen molar-refractivity contribution in [2.75, 3.05) is 85.3 Å². The Kier molecular flexibility index (Phi) is 42.8. The monoisotopic (exact) mass is 936 g/mol. The Balaban J connectivity index is 5.01. The topological polar surface area (TPSA) is 121 Å². The highest BCUT2D eigenvalue weighted by Gasteiger charge is 2.35. The van der Waals surface area contributed by atoms with Crippen LogP contribution in [0, 0.1) is 23.7 Å². The number of hydrogen-bond acceptors (Lipinski definition) is 8. The molecule has 0 spiro atoms. The number of ketones is 1. The van der Waals surface area contributed by atoms with Crippen molar-refractivity contribution in [3.8, 4) is 0 Å². The van der Waals surface area contributed by atoms with Crippen LogP contribution in [-0.4, -0.2) is 130 Å². The average molecular weight is 937 g/mol. The molecule has 0 rings (SSSR count). The number of nitrogens with zero attached hydrogens (tertiary/aromatic N) is 3. The summed E-state index contributed by atoms with van der Waals surface area (Å²) in [6.07, 6.45) is 25.3. The normalized spacial score (nSPS) is 13.2. The van der Waals surface area contributed by atoms with Crippen LogP contribution in [0.1, 0.15) is 217 Å². The van der Waals surface area contributed by atoms with Crippen molar-refractivity contribution in [2.45, 2.75) is 223 Å². The number of ether oxygens (including phenoxy) is 2. The highest BCUT2D eigenvalue weighted by atomic mass is 16.5. The molecule has 0 aliphatic heterocycles. The summed E-state index contributed by atoms with van der Waals surface area (Å²) in [5.41, 5.74) is 0. The third-order valence-electron chi connectivity index (χ3n) is 13.6. The molecule has 11 heteroatoms. The van der Waals surface area contributed by atoms with Gasteiger partial charge >= 0.3 is 0 Å². The van der Waals surface area contributed by atoms with Crippen LogP contribution in [0.25, 0.3) is 0 Å². The standard InChI is InChI=1S/C55H109N5O6/c1-11-17-19-21-23-25-27-29-31-36-50(61)49(35-33-40-58(13-3)14-4)52(47(7)8)54(63)56-38-43-65-45-46-66-44-39-57-55(64)53(48(9)10)60(42-34-41-59(15-5)16-6)51(62)37-32-30-28-26-24-22-20-18-12-2/h47-49,52-53H,11-46H2,1-10H3,(H,56,63)(H,57,64). The summed E-state index contributed by atoms with van der Waals surface area (Å²) >= 11 is 0. The number of Topliss-reactive ketones (excluding diaryl/α,β-unsaturated/α-hetero) is 1. The number of nitrogens with one attached hydrogen (secondary N) is 2. The summed E-state index contributed by atoms with van der Waals surface area (Å²) in [6, 6.07) is -0.526. The van der Waals surface area contributed by atoms with Crippen LogP contribution >= 0.6 is 0 Å². The lowest BCUT2D eigenvalue weighted by Gasteiger charge is -2.34. The summed E-state index contributed by atoms with van der Waals surface area (Å²) < 4.78 is 11.6. The van der Waals surface area contributed by atoms with Crippen LogP contribution in [0.4, 0.5) is 0 Å². The highest BCUT2D eigenvalue weighted by molar-refractivity contribution is 5.89. The van der Waals surface area contributed by atoms with Crippen molar-refractivity contribution in [1.29, 1.82) is 0 Å². The highest BCUT2D eigenvalue weighted by Crippen LogP contribution is 2.29. The van der Waals surface area contributed by atoms with E-state index >= 15 is 0 Å². The molecule has 11 nitrogen and oxygen atoms in total. The fourth-order valence-corrected chi connectivity index (χ4v) is 9.36. The van der Waals surface area contributed by atoms with Crippen molar-refractivity contribution in [3.05, 3.63) is 0 Å². The molecule has 0 aromatic rings. The minimum atomic E-state index is -0.526. The van der Waals surface area contributed by atoms with Crippen LogP contribution in [0.5, 0.6) is 0 Å². The minimum absolute atomic E-state index is 0.0235. The zero-order chi connectivity index (χ0) is 49.2. The first-order valence-electron chi connectivity index (χ1n) is 27.9. The predicted octanol–water partition coefficient (Wildman–Crippen LogP) is 11.3. The molecule has 3 unspecified atom stereocenters. The number of unbranched alkanes of at least 4 members (excludes halogenated alkanes) is 16. The predicted molar refractivity (Wildman–Crippen MR) is 278 cm³/mol. The van der Waals surface area contributed by atoms with E-state index in [0.29, 0.717) is 58.9 Å². The van der Waals surface area contributed by atoms with Crippen molar-refractivity contribution < 1.29 is 28.7 Å². The summed E-state index contributed by atoms with van der Waals surface area (Å²) in [7, 11) is 0. The maximum atomic E-state index is 13.8. The maximum absolute atomic E-state index is 13.8. The first-order valence-corrected chi connectivity index (χ1v) is 27.9. The molecule has 3 amide bonds. The average Bonchev–Trinajstić information content (AvgIpc) is 3.29. The van der Waals surface area contributed by atoms with E-state index in [2.05, 4.69) is 75.8 Å². The molecule has 0 fully saturated rings. The van der Waals surface area contributed by atoms with Gasteiger partial charge in [-0.3, -0.25) is 19.2 Å². The van der Waals surface area contributed by atoms with E-state index in [0.717, 1.165) is 90.6 Å². The molecule has 3 atom stereocenters. The Morgan fingerprint density at radius 2 is 0.879 bits per heavy atom. The molecule has 0 saturated carbocycles. The van der Waals surface area contributed by atoms with E-state index in [4.69, 9.17) is 9.47 Å². The number of rotatable bonds is 48. The molecule has 0 aromatic carbocycles. The number of carbonyl (C=O) groups is 4. The number of carbonyl (C=O) groups excluding carboxylic acids is 4. The van der Waals surface area contributed by atoms with Gasteiger partial charge in [0.1, 0.15) is 11.8 Å². The Bertz CT molecular complexity index is 1070. The van der Waals surface area contributed by atoms with Gasteiger partial charge in [-0.05, 0) is 83.2 Å². The van der Waals surface area contributed by atoms with Gasteiger partial charge in [-0.2, -0.15) is 0 Å². The van der Waals surface area contributed by atoms with E-state index in [1.807, 2.05) is 18.7 Å². The van der Waals surface area contributed by atoms with Gasteiger partial charge in [0.15, 0.2) is 0 Å². The van der Waals surface area contributed by atoms with E-state index in [-0.39, 0.29) is 47.2 Å². The van der Waals surface area contributed by atoms with Gasteiger partial charge in [0.05, 0.1) is 26.4 Å². The van der Waals surface area contributed by atoms with Crippen LogP contribution in [0.2, 0.25) is 0 Å². The van der Waals surface area contributed by atoms with Crippen molar-refractivity contribution >= 4 is 23.5 Å². The molecule has 0 heterocycles. The van der Waals surface area contributed by atoms with Crippen LogP contribution in [0.3, 0.4) is 0 Å². The second-order valence-corrected chi connectivity index (χ2v) is 19.6. The second kappa shape index (κ2) is 44.1. The van der Waals surface area contributed by atoms with Crippen LogP contribution < -0.4 is 10.6 Å². The lowest BCUT2D eigenvalue weighted by molar-refractivity contribution is -0.142. The molecular formula is C55H109N5O6. The lowest BCUT2D eigenvalue weighted by atomic mass is 9.76. The molecule has 390 valence electrons. The smallest absolute Gasteiger partial charge is 0.243 e. The third-order valence-corrected chi connectivity index (χ3v) is 13.6. The van der Waals surface area contributed by atoms with E-state index in [1.54, 1.807) is 0 Å². The fraction of sp³-hybridized carbons (Fsp3) is 0.927. The summed E-state index contributed by atoms with van der Waals surface area (Å²) in [5, 5.41) is 6.15. The van der Waals surface area contributed by atoms with Gasteiger partial charge in [-0.1, -0.05) is 172 Å². The van der Waals surface area contributed by atoms with Crippen molar-refractivity contribution in [3.63, 3.8) is 0 Å². The Hall–Kier alpha value is -2.08. The SMILES string of the molecule is CCCCCCCCCCCC(=O)C(CCCN(CC)CC)C(C(=O)NCCOCCOCCNC(=O)C(C(C)C)N(CCCN(CC)CC)C(=O)CCCCCCCCCCC)C(C)C. The first kappa shape index (κ1) is 63.9. The van der Waals surface area contributed by atoms with Gasteiger partial charge in [0.25, 0.3) is 0 Å². The van der Waals surface area contributed by atoms with E-state index in [1.165, 1.54) is 83.5 Å². The molecule has 2 N–H and O–H groups in total. The van der Waals surface area contributed by atoms with Gasteiger partial charge in [-0.25, -0.2) is 0 Å². The van der Waals surface area contributed by atoms with Crippen LogP contribution in [-0.2, 0) is 28.7 Å². The largest absolute Gasteiger partial charge is 0.377 e. The van der Waals surface area contributed by atoms with E-state index in [9.17, 15) is 19.2 Å². The molecule has 0 aromatic heterocycles. The zero-order valence-corrected chi connectivity index (χ0v) is 45.1. The molecule has 66 heavy (non-hydrogen) atoms. The zero-order valence-electron chi connectivity index (χ0n) is 45.1. The second-order valence-electron chi connectivity index (χ2n) is 19.6. The number of hydrogen-bond donors (Lipinski definition) is 2. The maximum Gasteiger partial charge on any atom is 0.243 e. The molecule has 0 bridgehead atoms. The van der Waals surface area contributed by atoms with Crippen molar-refractivity contribution in [1.82, 2.24) is 25.3 Å². The molecule has 0 saturated heterocycles. The van der Waals surface area contributed by atoms with Gasteiger partial charge in [0, 0.05) is 44.3 Å². The third kappa shape index (κ3) is 31.9. The molecule has 0 aliphatic carbocycles. The Labute approximate surface area is 408 Å². The summed E-state index contributed by atoms with van der Waals surface area (Å²) in [6.45, 7) is 29.8. The Morgan fingerprint density at radius 1 is 0.455 bits per heavy atom. The fourth-order valence-electron chi connectivity index (χ4n) is 9.36. The van der Waals surface area contributed by atoms with Crippen LogP contribution in [0.15, 0.2) is 0 Å². The van der Waals surface area contributed by atoms with Gasteiger partial charge in [-0.15, -0.1) is 0 Å². The van der Waals surface area contributed by atoms with E-state index < -0.39 is 6.04 Å². The lowest BCUT2D eigenvalue weighted by Crippen LogP contribution is -2.53. The molecule has 0 aliphatic rings.